The first-order valence-corrected chi connectivity index (χ1v) is 9.83. The summed E-state index contributed by atoms with van der Waals surface area (Å²) in [6.45, 7) is 12.6. The van der Waals surface area contributed by atoms with Gasteiger partial charge < -0.3 is 20.5 Å². The van der Waals surface area contributed by atoms with Crippen LogP contribution in [0.2, 0.25) is 0 Å². The molecule has 0 aliphatic rings. The molecule has 0 aliphatic carbocycles. The molecule has 0 rings (SSSR count). The lowest BCUT2D eigenvalue weighted by Gasteiger charge is -2.31. The normalized spacial score (nSPS) is 13.7. The molecule has 0 saturated heterocycles. The van der Waals surface area contributed by atoms with Crippen LogP contribution in [0.15, 0.2) is 12.2 Å². The number of aliphatic carboxylic acids is 1. The van der Waals surface area contributed by atoms with E-state index in [0.29, 0.717) is 25.9 Å². The molecule has 0 aromatic carbocycles. The van der Waals surface area contributed by atoms with E-state index in [1.807, 2.05) is 46.8 Å². The predicted octanol–water partition coefficient (Wildman–Crippen LogP) is 3.37. The van der Waals surface area contributed by atoms with Crippen LogP contribution in [0, 0.1) is 5.41 Å². The second kappa shape index (κ2) is 15.8. The van der Waals surface area contributed by atoms with Gasteiger partial charge in [-0.3, -0.25) is 9.59 Å². The molecule has 26 heavy (non-hydrogen) atoms. The number of allylic oxidation sites excluding steroid dienone is 1. The number of hydrogen-bond donors (Lipinski definition) is 3. The van der Waals surface area contributed by atoms with Gasteiger partial charge in [-0.15, -0.1) is 0 Å². The average molecular weight is 373 g/mol. The minimum absolute atomic E-state index is 0.0728. The Labute approximate surface area is 159 Å². The molecule has 0 heterocycles. The summed E-state index contributed by atoms with van der Waals surface area (Å²) in [6.07, 6.45) is 6.96. The molecule has 0 radical (unpaired) electrons. The average Bonchev–Trinajstić information content (AvgIpc) is 2.66. The number of carbonyl (C=O) groups is 2. The van der Waals surface area contributed by atoms with E-state index >= 15 is 0 Å². The van der Waals surface area contributed by atoms with Crippen LogP contribution in [-0.2, 0) is 14.3 Å². The maximum Gasteiger partial charge on any atom is 0.322 e. The van der Waals surface area contributed by atoms with Crippen LogP contribution in [0.1, 0.15) is 67.2 Å². The van der Waals surface area contributed by atoms with Gasteiger partial charge in [-0.2, -0.15) is 0 Å². The SMILES string of the molecule is CC.CC=CC(CC)OCCC(CC)(CC)C(=O)NCC(NC)C(=O)O. The molecule has 0 spiro atoms. The minimum atomic E-state index is -0.975. The Hall–Kier alpha value is -1.40. The van der Waals surface area contributed by atoms with Gasteiger partial charge in [0.15, 0.2) is 0 Å². The highest BCUT2D eigenvalue weighted by Gasteiger charge is 2.35. The van der Waals surface area contributed by atoms with E-state index in [9.17, 15) is 9.59 Å². The highest BCUT2D eigenvalue weighted by Crippen LogP contribution is 2.31. The number of carbonyl (C=O) groups excluding carboxylic acids is 1. The molecule has 3 N–H and O–H groups in total. The molecule has 6 nitrogen and oxygen atoms in total. The van der Waals surface area contributed by atoms with Gasteiger partial charge >= 0.3 is 5.97 Å². The van der Waals surface area contributed by atoms with Crippen molar-refractivity contribution in [3.05, 3.63) is 12.2 Å². The van der Waals surface area contributed by atoms with E-state index in [4.69, 9.17) is 9.84 Å². The largest absolute Gasteiger partial charge is 0.480 e. The number of likely N-dealkylation sites (N-methyl/N-ethyl adjacent to an activating group) is 1. The predicted molar refractivity (Wildman–Crippen MR) is 107 cm³/mol. The Balaban J connectivity index is 0. The molecule has 2 atom stereocenters. The molecular weight excluding hydrogens is 332 g/mol. The summed E-state index contributed by atoms with van der Waals surface area (Å²) in [7, 11) is 1.57. The van der Waals surface area contributed by atoms with E-state index in [-0.39, 0.29) is 18.6 Å². The van der Waals surface area contributed by atoms with Crippen LogP contribution in [0.3, 0.4) is 0 Å². The van der Waals surface area contributed by atoms with E-state index in [0.717, 1.165) is 6.42 Å². The Morgan fingerprint density at radius 3 is 2.15 bits per heavy atom. The van der Waals surface area contributed by atoms with Gasteiger partial charge in [0.1, 0.15) is 6.04 Å². The molecule has 0 aliphatic heterocycles. The van der Waals surface area contributed by atoms with Gasteiger partial charge in [0.05, 0.1) is 11.5 Å². The topological polar surface area (TPSA) is 87.7 Å². The Morgan fingerprint density at radius 1 is 1.19 bits per heavy atom. The third-order valence-electron chi connectivity index (χ3n) is 4.67. The van der Waals surface area contributed by atoms with Crippen molar-refractivity contribution < 1.29 is 19.4 Å². The van der Waals surface area contributed by atoms with Gasteiger partial charge in [-0.25, -0.2) is 0 Å². The van der Waals surface area contributed by atoms with Crippen molar-refractivity contribution in [3.63, 3.8) is 0 Å². The summed E-state index contributed by atoms with van der Waals surface area (Å²) < 4.78 is 5.85. The van der Waals surface area contributed by atoms with E-state index < -0.39 is 17.4 Å². The first kappa shape index (κ1) is 26.8. The lowest BCUT2D eigenvalue weighted by Crippen LogP contribution is -2.49. The molecule has 0 aromatic rings. The summed E-state index contributed by atoms with van der Waals surface area (Å²) in [5.41, 5.74) is -0.523. The van der Waals surface area contributed by atoms with Gasteiger partial charge in [0.25, 0.3) is 0 Å². The van der Waals surface area contributed by atoms with E-state index in [1.165, 1.54) is 0 Å². The Bertz CT molecular complexity index is 407. The molecular formula is C20H40N2O4. The number of hydrogen-bond acceptors (Lipinski definition) is 4. The van der Waals surface area contributed by atoms with Gasteiger partial charge in [-0.05, 0) is 39.7 Å². The van der Waals surface area contributed by atoms with Crippen molar-refractivity contribution >= 4 is 11.9 Å². The highest BCUT2D eigenvalue weighted by atomic mass is 16.5. The van der Waals surface area contributed by atoms with Gasteiger partial charge in [-0.1, -0.05) is 46.8 Å². The fraction of sp³-hybridized carbons (Fsp3) is 0.800. The standard InChI is InChI=1S/C18H34N2O4.C2H6/c1-6-10-14(7-2)24-12-11-18(8-3,9-4)17(23)20-13-15(19-5)16(21)22;1-2/h6,10,14-15,19H,7-9,11-13H2,1-5H3,(H,20,23)(H,21,22);1-2H3. The lowest BCUT2D eigenvalue weighted by atomic mass is 9.78. The monoisotopic (exact) mass is 372 g/mol. The zero-order valence-corrected chi connectivity index (χ0v) is 17.7. The van der Waals surface area contributed by atoms with Crippen molar-refractivity contribution in [2.45, 2.75) is 79.4 Å². The quantitative estimate of drug-likeness (QED) is 0.431. The van der Waals surface area contributed by atoms with Crippen molar-refractivity contribution in [2.75, 3.05) is 20.2 Å². The Morgan fingerprint density at radius 2 is 1.77 bits per heavy atom. The zero-order valence-electron chi connectivity index (χ0n) is 17.7. The fourth-order valence-corrected chi connectivity index (χ4v) is 2.66. The summed E-state index contributed by atoms with van der Waals surface area (Å²) in [6, 6.07) is -0.782. The fourth-order valence-electron chi connectivity index (χ4n) is 2.66. The first-order chi connectivity index (χ1) is 12.4. The highest BCUT2D eigenvalue weighted by molar-refractivity contribution is 5.83. The number of nitrogens with one attached hydrogen (secondary N) is 2. The summed E-state index contributed by atoms with van der Waals surface area (Å²) in [4.78, 5) is 23.7. The summed E-state index contributed by atoms with van der Waals surface area (Å²) in [5, 5.41) is 14.5. The van der Waals surface area contributed by atoms with Crippen LogP contribution >= 0.6 is 0 Å². The lowest BCUT2D eigenvalue weighted by molar-refractivity contribution is -0.139. The molecule has 0 aromatic heterocycles. The van der Waals surface area contributed by atoms with Crippen LogP contribution in [0.25, 0.3) is 0 Å². The van der Waals surface area contributed by atoms with E-state index in [1.54, 1.807) is 7.05 Å². The van der Waals surface area contributed by atoms with E-state index in [2.05, 4.69) is 17.6 Å². The van der Waals surface area contributed by atoms with Crippen LogP contribution in [-0.4, -0.2) is 49.3 Å². The van der Waals surface area contributed by atoms with Crippen molar-refractivity contribution in [2.24, 2.45) is 5.41 Å². The maximum absolute atomic E-state index is 12.6. The molecule has 0 saturated carbocycles. The first-order valence-electron chi connectivity index (χ1n) is 9.83. The third-order valence-corrected chi connectivity index (χ3v) is 4.67. The molecule has 1 amide bonds. The minimum Gasteiger partial charge on any atom is -0.480 e. The van der Waals surface area contributed by atoms with Crippen molar-refractivity contribution in [1.29, 1.82) is 0 Å². The smallest absolute Gasteiger partial charge is 0.322 e. The van der Waals surface area contributed by atoms with Crippen LogP contribution in [0.5, 0.6) is 0 Å². The molecule has 0 bridgehead atoms. The number of carboxylic acids is 1. The van der Waals surface area contributed by atoms with Crippen molar-refractivity contribution in [3.8, 4) is 0 Å². The number of rotatable bonds is 13. The molecule has 154 valence electrons. The second-order valence-electron chi connectivity index (χ2n) is 5.97. The van der Waals surface area contributed by atoms with Crippen molar-refractivity contribution in [1.82, 2.24) is 10.6 Å². The summed E-state index contributed by atoms with van der Waals surface area (Å²) >= 11 is 0. The van der Waals surface area contributed by atoms with Gasteiger partial charge in [0.2, 0.25) is 5.91 Å². The third kappa shape index (κ3) is 9.34. The van der Waals surface area contributed by atoms with Crippen LogP contribution < -0.4 is 10.6 Å². The molecule has 2 unspecified atom stereocenters. The zero-order chi connectivity index (χ0) is 20.6. The van der Waals surface area contributed by atoms with Crippen LogP contribution in [0.4, 0.5) is 0 Å². The van der Waals surface area contributed by atoms with Gasteiger partial charge in [0, 0.05) is 13.2 Å². The summed E-state index contributed by atoms with van der Waals surface area (Å²) in [5.74, 6) is -1.08. The maximum atomic E-state index is 12.6. The Kier molecular flexibility index (Phi) is 16.3. The molecule has 6 heteroatoms. The number of ether oxygens (including phenoxy) is 1. The number of amides is 1. The second-order valence-corrected chi connectivity index (χ2v) is 5.97. The molecule has 0 fully saturated rings. The number of carboxylic acid groups (broad SMARTS) is 1.